The van der Waals surface area contributed by atoms with Crippen LogP contribution in [0.15, 0.2) is 22.9 Å². The molecule has 0 heterocycles. The lowest BCUT2D eigenvalue weighted by atomic mass is 10.2. The predicted octanol–water partition coefficient (Wildman–Crippen LogP) is 4.38. The number of nitrogens with zero attached hydrogens (tertiary/aromatic N) is 6. The molecule has 0 fully saturated rings. The Labute approximate surface area is 113 Å². The van der Waals surface area contributed by atoms with Gasteiger partial charge in [0.25, 0.3) is 0 Å². The molecule has 0 saturated carbocycles. The molecule has 1 N–H and O–H groups in total. The van der Waals surface area contributed by atoms with Crippen LogP contribution in [0.4, 0.5) is 28.9 Å². The number of halogens is 4. The first-order valence-electron chi connectivity index (χ1n) is 4.63. The van der Waals surface area contributed by atoms with Gasteiger partial charge in [0.2, 0.25) is 0 Å². The van der Waals surface area contributed by atoms with Crippen LogP contribution < -0.4 is 0 Å². The number of benzene rings is 1. The van der Waals surface area contributed by atoms with Crippen molar-refractivity contribution >= 4 is 17.3 Å². The van der Waals surface area contributed by atoms with Crippen LogP contribution in [0.5, 0.6) is 0 Å². The highest BCUT2D eigenvalue weighted by Gasteiger charge is 2.23. The molecule has 0 aliphatic rings. The molecule has 0 aliphatic carbocycles. The maximum absolute atomic E-state index is 13.0. The normalized spacial score (nSPS) is 8.57. The standard InChI is InChI=1S/C6F4N6.C3H4O2/c7-1-2(8)6(14-16-12)4(10)3(9)5(1)13-15-11;1-2-3(4)5/h;2H,1H2,(H,4,5). The number of rotatable bonds is 3. The van der Waals surface area contributed by atoms with Crippen LogP contribution in [0, 0.1) is 23.3 Å². The van der Waals surface area contributed by atoms with E-state index in [2.05, 4.69) is 16.8 Å². The fourth-order valence-corrected chi connectivity index (χ4v) is 0.874. The SMILES string of the molecule is C=CC(=O)O.[N-]=[N+]=Nc1c(F)c(F)c(N=[N+]=[N-])c(F)c1F. The Morgan fingerprint density at radius 1 is 1.00 bits per heavy atom. The van der Waals surface area contributed by atoms with E-state index in [9.17, 15) is 22.4 Å². The molecule has 0 bridgehead atoms. The monoisotopic (exact) mass is 304 g/mol. The van der Waals surface area contributed by atoms with E-state index in [4.69, 9.17) is 16.2 Å². The molecule has 0 aromatic heterocycles. The molecule has 0 atom stereocenters. The number of carboxylic acid groups (broad SMARTS) is 1. The second-order valence-electron chi connectivity index (χ2n) is 2.87. The molecule has 12 heteroatoms. The molecular formula is C9H4F4N6O2. The van der Waals surface area contributed by atoms with Crippen molar-refractivity contribution in [1.82, 2.24) is 0 Å². The van der Waals surface area contributed by atoms with Crippen molar-refractivity contribution in [3.63, 3.8) is 0 Å². The third-order valence-electron chi connectivity index (χ3n) is 1.68. The Bertz CT molecular complexity index is 601. The minimum Gasteiger partial charge on any atom is -0.478 e. The second-order valence-corrected chi connectivity index (χ2v) is 2.87. The van der Waals surface area contributed by atoms with Gasteiger partial charge in [0.15, 0.2) is 23.3 Å². The summed E-state index contributed by atoms with van der Waals surface area (Å²) in [6, 6.07) is 0. The summed E-state index contributed by atoms with van der Waals surface area (Å²) in [4.78, 5) is 13.2. The Kier molecular flexibility index (Phi) is 6.81. The van der Waals surface area contributed by atoms with E-state index in [0.717, 1.165) is 6.08 Å². The summed E-state index contributed by atoms with van der Waals surface area (Å²) in [6.07, 6.45) is 0.833. The first kappa shape index (κ1) is 17.8. The summed E-state index contributed by atoms with van der Waals surface area (Å²) in [7, 11) is 0. The number of hydrogen-bond acceptors (Lipinski definition) is 3. The predicted molar refractivity (Wildman–Crippen MR) is 61.7 cm³/mol. The summed E-state index contributed by atoms with van der Waals surface area (Å²) in [6.45, 7) is 2.96. The average Bonchev–Trinajstić information content (AvgIpc) is 2.46. The van der Waals surface area contributed by atoms with E-state index in [-0.39, 0.29) is 0 Å². The van der Waals surface area contributed by atoms with Gasteiger partial charge in [0.05, 0.1) is 0 Å². The third-order valence-corrected chi connectivity index (χ3v) is 1.68. The number of azide groups is 2. The van der Waals surface area contributed by atoms with Crippen LogP contribution in [-0.4, -0.2) is 11.1 Å². The van der Waals surface area contributed by atoms with Crippen molar-refractivity contribution in [2.24, 2.45) is 10.2 Å². The molecule has 0 spiro atoms. The van der Waals surface area contributed by atoms with E-state index in [1.807, 2.05) is 9.82 Å². The summed E-state index contributed by atoms with van der Waals surface area (Å²) in [5.74, 6) is -8.71. The van der Waals surface area contributed by atoms with Gasteiger partial charge in [0, 0.05) is 15.9 Å². The van der Waals surface area contributed by atoms with Crippen molar-refractivity contribution in [3.05, 3.63) is 56.8 Å². The molecule has 1 rings (SSSR count). The van der Waals surface area contributed by atoms with E-state index in [0.29, 0.717) is 0 Å². The average molecular weight is 304 g/mol. The minimum atomic E-state index is -1.93. The number of carbonyl (C=O) groups is 1. The largest absolute Gasteiger partial charge is 0.478 e. The number of carboxylic acids is 1. The minimum absolute atomic E-state index is 0.833. The van der Waals surface area contributed by atoms with Crippen LogP contribution >= 0.6 is 0 Å². The van der Waals surface area contributed by atoms with Crippen LogP contribution in [-0.2, 0) is 4.79 Å². The van der Waals surface area contributed by atoms with Gasteiger partial charge in [-0.15, -0.1) is 0 Å². The summed E-state index contributed by atoms with van der Waals surface area (Å²) >= 11 is 0. The smallest absolute Gasteiger partial charge is 0.327 e. The molecule has 110 valence electrons. The second kappa shape index (κ2) is 8.04. The van der Waals surface area contributed by atoms with Crippen molar-refractivity contribution in [2.75, 3.05) is 0 Å². The van der Waals surface area contributed by atoms with Gasteiger partial charge in [-0.25, -0.2) is 22.4 Å². The lowest BCUT2D eigenvalue weighted by Gasteiger charge is -2.04. The Balaban J connectivity index is 0.000000690. The number of hydrogen-bond donors (Lipinski definition) is 1. The maximum atomic E-state index is 13.0. The zero-order valence-electron chi connectivity index (χ0n) is 9.84. The van der Waals surface area contributed by atoms with Crippen molar-refractivity contribution in [3.8, 4) is 0 Å². The summed E-state index contributed by atoms with van der Waals surface area (Å²) in [5.41, 5.74) is 12.9. The Hall–Kier alpha value is -3.23. The van der Waals surface area contributed by atoms with E-state index >= 15 is 0 Å². The van der Waals surface area contributed by atoms with E-state index in [1.165, 1.54) is 0 Å². The molecule has 0 radical (unpaired) electrons. The van der Waals surface area contributed by atoms with E-state index in [1.54, 1.807) is 0 Å². The lowest BCUT2D eigenvalue weighted by Crippen LogP contribution is -1.95. The third kappa shape index (κ3) is 4.42. The van der Waals surface area contributed by atoms with Crippen LogP contribution in [0.2, 0.25) is 0 Å². The molecule has 0 unspecified atom stereocenters. The first-order valence-corrected chi connectivity index (χ1v) is 4.63. The molecule has 21 heavy (non-hydrogen) atoms. The highest BCUT2D eigenvalue weighted by Crippen LogP contribution is 2.34. The number of aliphatic carboxylic acids is 1. The Morgan fingerprint density at radius 2 is 1.24 bits per heavy atom. The fourth-order valence-electron chi connectivity index (χ4n) is 0.874. The summed E-state index contributed by atoms with van der Waals surface area (Å²) in [5, 5.41) is 12.5. The highest BCUT2D eigenvalue weighted by molar-refractivity contribution is 5.78. The topological polar surface area (TPSA) is 135 Å². The quantitative estimate of drug-likeness (QED) is 0.221. The molecule has 1 aromatic rings. The molecular weight excluding hydrogens is 300 g/mol. The zero-order chi connectivity index (χ0) is 16.6. The Morgan fingerprint density at radius 3 is 1.38 bits per heavy atom. The van der Waals surface area contributed by atoms with Crippen molar-refractivity contribution in [1.29, 1.82) is 0 Å². The van der Waals surface area contributed by atoms with Gasteiger partial charge in [-0.1, -0.05) is 16.8 Å². The van der Waals surface area contributed by atoms with Crippen molar-refractivity contribution < 1.29 is 27.5 Å². The van der Waals surface area contributed by atoms with Crippen molar-refractivity contribution in [2.45, 2.75) is 0 Å². The highest BCUT2D eigenvalue weighted by atomic mass is 19.2. The van der Waals surface area contributed by atoms with Crippen LogP contribution in [0.3, 0.4) is 0 Å². The van der Waals surface area contributed by atoms with Gasteiger partial charge in [-0.2, -0.15) is 0 Å². The van der Waals surface area contributed by atoms with Crippen LogP contribution in [0.25, 0.3) is 20.9 Å². The molecule has 1 aromatic carbocycles. The van der Waals surface area contributed by atoms with E-state index < -0.39 is 40.6 Å². The van der Waals surface area contributed by atoms with Gasteiger partial charge in [-0.05, 0) is 11.1 Å². The van der Waals surface area contributed by atoms with Gasteiger partial charge < -0.3 is 5.11 Å². The zero-order valence-corrected chi connectivity index (χ0v) is 9.84. The fraction of sp³-hybridized carbons (Fsp3) is 0. The van der Waals surface area contributed by atoms with Gasteiger partial charge in [0.1, 0.15) is 11.4 Å². The lowest BCUT2D eigenvalue weighted by molar-refractivity contribution is -0.131. The maximum Gasteiger partial charge on any atom is 0.327 e. The molecule has 8 nitrogen and oxygen atoms in total. The first-order chi connectivity index (χ1) is 9.81. The van der Waals surface area contributed by atoms with Gasteiger partial charge in [-0.3, -0.25) is 0 Å². The molecule has 0 saturated heterocycles. The summed E-state index contributed by atoms with van der Waals surface area (Å²) < 4.78 is 51.9. The molecule has 0 amide bonds. The molecule has 0 aliphatic heterocycles. The van der Waals surface area contributed by atoms with Gasteiger partial charge >= 0.3 is 5.97 Å². The van der Waals surface area contributed by atoms with Crippen LogP contribution in [0.1, 0.15) is 0 Å².